The molecule has 1 atom stereocenters. The predicted molar refractivity (Wildman–Crippen MR) is 60.0 cm³/mol. The van der Waals surface area contributed by atoms with Crippen LogP contribution in [0.15, 0.2) is 12.4 Å². The van der Waals surface area contributed by atoms with Crippen molar-refractivity contribution < 1.29 is 9.53 Å². The van der Waals surface area contributed by atoms with Crippen molar-refractivity contribution in [2.75, 3.05) is 11.9 Å². The second-order valence-electron chi connectivity index (χ2n) is 4.12. The van der Waals surface area contributed by atoms with Gasteiger partial charge in [0.2, 0.25) is 5.91 Å². The number of anilines is 1. The van der Waals surface area contributed by atoms with Crippen molar-refractivity contribution >= 4 is 11.6 Å². The highest BCUT2D eigenvalue weighted by atomic mass is 16.5. The van der Waals surface area contributed by atoms with Crippen LogP contribution in [0, 0.1) is 0 Å². The molecule has 2 rings (SSSR count). The van der Waals surface area contributed by atoms with Crippen LogP contribution >= 0.6 is 0 Å². The van der Waals surface area contributed by atoms with E-state index < -0.39 is 0 Å². The third-order valence-corrected chi connectivity index (χ3v) is 2.71. The summed E-state index contributed by atoms with van der Waals surface area (Å²) in [5.41, 5.74) is 0.750. The Hall–Kier alpha value is -1.36. The lowest BCUT2D eigenvalue weighted by atomic mass is 10.1. The summed E-state index contributed by atoms with van der Waals surface area (Å²) in [6.45, 7) is 0.842. The Morgan fingerprint density at radius 2 is 2.62 bits per heavy atom. The highest BCUT2D eigenvalue weighted by Gasteiger charge is 2.16. The quantitative estimate of drug-likeness (QED) is 0.837. The van der Waals surface area contributed by atoms with Gasteiger partial charge in [-0.2, -0.15) is 5.10 Å². The summed E-state index contributed by atoms with van der Waals surface area (Å²) in [5, 5.41) is 6.79. The van der Waals surface area contributed by atoms with Crippen molar-refractivity contribution in [3.05, 3.63) is 12.4 Å². The summed E-state index contributed by atoms with van der Waals surface area (Å²) in [6, 6.07) is 0. The fourth-order valence-corrected chi connectivity index (χ4v) is 1.87. The number of hydrogen-bond donors (Lipinski definition) is 1. The summed E-state index contributed by atoms with van der Waals surface area (Å²) in [6.07, 6.45) is 7.23. The van der Waals surface area contributed by atoms with Gasteiger partial charge >= 0.3 is 0 Å². The number of rotatable bonds is 4. The van der Waals surface area contributed by atoms with Crippen LogP contribution in [0.3, 0.4) is 0 Å². The molecule has 1 aromatic heterocycles. The average Bonchev–Trinajstić information content (AvgIpc) is 2.87. The maximum atomic E-state index is 11.6. The molecule has 1 amide bonds. The van der Waals surface area contributed by atoms with Gasteiger partial charge in [0, 0.05) is 26.3 Å². The number of nitrogens with zero attached hydrogens (tertiary/aromatic N) is 2. The Bertz CT molecular complexity index is 356. The standard InChI is InChI=1S/C11H17N3O2/c1-14-8-9(7-12-14)13-11(15)5-4-10-3-2-6-16-10/h7-8,10H,2-6H2,1H3,(H,13,15). The lowest BCUT2D eigenvalue weighted by molar-refractivity contribution is -0.116. The van der Waals surface area contributed by atoms with E-state index in [1.807, 2.05) is 7.05 Å². The molecule has 2 heterocycles. The van der Waals surface area contributed by atoms with Gasteiger partial charge in [0.15, 0.2) is 0 Å². The zero-order valence-corrected chi connectivity index (χ0v) is 9.48. The first-order chi connectivity index (χ1) is 7.74. The number of amides is 1. The van der Waals surface area contributed by atoms with Gasteiger partial charge in [-0.1, -0.05) is 0 Å². The van der Waals surface area contributed by atoms with E-state index in [-0.39, 0.29) is 12.0 Å². The third kappa shape index (κ3) is 3.06. The van der Waals surface area contributed by atoms with Gasteiger partial charge in [0.05, 0.1) is 18.0 Å². The van der Waals surface area contributed by atoms with E-state index in [1.54, 1.807) is 17.1 Å². The van der Waals surface area contributed by atoms with Crippen LogP contribution in [0.4, 0.5) is 5.69 Å². The number of nitrogens with one attached hydrogen (secondary N) is 1. The predicted octanol–water partition coefficient (Wildman–Crippen LogP) is 1.32. The molecule has 88 valence electrons. The van der Waals surface area contributed by atoms with Gasteiger partial charge in [-0.3, -0.25) is 9.48 Å². The molecule has 1 saturated heterocycles. The maximum Gasteiger partial charge on any atom is 0.224 e. The molecule has 1 aliphatic rings. The first-order valence-electron chi connectivity index (χ1n) is 5.64. The second kappa shape index (κ2) is 5.12. The molecule has 1 aliphatic heterocycles. The van der Waals surface area contributed by atoms with E-state index in [0.717, 1.165) is 31.6 Å². The minimum absolute atomic E-state index is 0.0310. The molecule has 1 unspecified atom stereocenters. The molecule has 5 nitrogen and oxygen atoms in total. The van der Waals surface area contributed by atoms with Crippen LogP contribution in [0.2, 0.25) is 0 Å². The summed E-state index contributed by atoms with van der Waals surface area (Å²) in [5.74, 6) is 0.0310. The van der Waals surface area contributed by atoms with Gasteiger partial charge in [-0.25, -0.2) is 0 Å². The van der Waals surface area contributed by atoms with E-state index in [9.17, 15) is 4.79 Å². The van der Waals surface area contributed by atoms with Crippen molar-refractivity contribution in [1.29, 1.82) is 0 Å². The summed E-state index contributed by atoms with van der Waals surface area (Å²) in [7, 11) is 1.82. The summed E-state index contributed by atoms with van der Waals surface area (Å²) < 4.78 is 7.12. The first kappa shape index (κ1) is 11.1. The Balaban J connectivity index is 1.71. The van der Waals surface area contributed by atoms with Crippen LogP contribution in [0.1, 0.15) is 25.7 Å². The first-order valence-corrected chi connectivity index (χ1v) is 5.64. The number of aromatic nitrogens is 2. The average molecular weight is 223 g/mol. The van der Waals surface area contributed by atoms with E-state index >= 15 is 0 Å². The minimum atomic E-state index is 0.0310. The van der Waals surface area contributed by atoms with Crippen molar-refractivity contribution in [3.63, 3.8) is 0 Å². The van der Waals surface area contributed by atoms with Crippen molar-refractivity contribution in [1.82, 2.24) is 9.78 Å². The van der Waals surface area contributed by atoms with Gasteiger partial charge in [0.25, 0.3) is 0 Å². The molecular formula is C11H17N3O2. The third-order valence-electron chi connectivity index (χ3n) is 2.71. The topological polar surface area (TPSA) is 56.2 Å². The van der Waals surface area contributed by atoms with Crippen LogP contribution in [-0.4, -0.2) is 28.4 Å². The van der Waals surface area contributed by atoms with E-state index in [0.29, 0.717) is 6.42 Å². The molecule has 5 heteroatoms. The van der Waals surface area contributed by atoms with Crippen molar-refractivity contribution in [3.8, 4) is 0 Å². The van der Waals surface area contributed by atoms with E-state index in [4.69, 9.17) is 4.74 Å². The van der Waals surface area contributed by atoms with Crippen molar-refractivity contribution in [2.45, 2.75) is 31.8 Å². The van der Waals surface area contributed by atoms with Crippen LogP contribution in [-0.2, 0) is 16.6 Å². The Labute approximate surface area is 94.8 Å². The molecule has 16 heavy (non-hydrogen) atoms. The zero-order valence-electron chi connectivity index (χ0n) is 9.48. The summed E-state index contributed by atoms with van der Waals surface area (Å²) in [4.78, 5) is 11.6. The van der Waals surface area contributed by atoms with Crippen LogP contribution in [0.25, 0.3) is 0 Å². The number of hydrogen-bond acceptors (Lipinski definition) is 3. The van der Waals surface area contributed by atoms with Crippen LogP contribution in [0.5, 0.6) is 0 Å². The minimum Gasteiger partial charge on any atom is -0.378 e. The molecule has 0 aromatic carbocycles. The molecule has 1 N–H and O–H groups in total. The number of aryl methyl sites for hydroxylation is 1. The fraction of sp³-hybridized carbons (Fsp3) is 0.636. The van der Waals surface area contributed by atoms with Gasteiger partial charge in [-0.05, 0) is 19.3 Å². The molecule has 0 radical (unpaired) electrons. The number of carbonyl (C=O) groups is 1. The Kier molecular flexibility index (Phi) is 3.56. The lowest BCUT2D eigenvalue weighted by Crippen LogP contribution is -2.14. The van der Waals surface area contributed by atoms with Gasteiger partial charge in [-0.15, -0.1) is 0 Å². The monoisotopic (exact) mass is 223 g/mol. The zero-order chi connectivity index (χ0) is 11.4. The smallest absolute Gasteiger partial charge is 0.224 e. The van der Waals surface area contributed by atoms with Crippen LogP contribution < -0.4 is 5.32 Å². The maximum absolute atomic E-state index is 11.6. The Morgan fingerprint density at radius 1 is 1.75 bits per heavy atom. The second-order valence-corrected chi connectivity index (χ2v) is 4.12. The SMILES string of the molecule is Cn1cc(NC(=O)CCC2CCCO2)cn1. The van der Waals surface area contributed by atoms with Gasteiger partial charge in [0.1, 0.15) is 0 Å². The lowest BCUT2D eigenvalue weighted by Gasteiger charge is -2.08. The number of ether oxygens (including phenoxy) is 1. The number of carbonyl (C=O) groups excluding carboxylic acids is 1. The molecular weight excluding hydrogens is 206 g/mol. The molecule has 1 aromatic rings. The highest BCUT2D eigenvalue weighted by Crippen LogP contribution is 2.17. The largest absolute Gasteiger partial charge is 0.378 e. The van der Waals surface area contributed by atoms with Gasteiger partial charge < -0.3 is 10.1 Å². The Morgan fingerprint density at radius 3 is 3.25 bits per heavy atom. The molecule has 0 bridgehead atoms. The molecule has 0 spiro atoms. The van der Waals surface area contributed by atoms with E-state index in [2.05, 4.69) is 10.4 Å². The normalized spacial score (nSPS) is 19.9. The van der Waals surface area contributed by atoms with E-state index in [1.165, 1.54) is 0 Å². The molecule has 0 aliphatic carbocycles. The fourth-order valence-electron chi connectivity index (χ4n) is 1.87. The van der Waals surface area contributed by atoms with Crippen molar-refractivity contribution in [2.24, 2.45) is 7.05 Å². The summed E-state index contributed by atoms with van der Waals surface area (Å²) >= 11 is 0. The molecule has 1 fully saturated rings. The molecule has 0 saturated carbocycles. The highest BCUT2D eigenvalue weighted by molar-refractivity contribution is 5.90.